The maximum atomic E-state index is 13.5. The summed E-state index contributed by atoms with van der Waals surface area (Å²) in [5.41, 5.74) is 3.52. The van der Waals surface area contributed by atoms with Gasteiger partial charge in [-0.05, 0) is 61.4 Å². The highest BCUT2D eigenvalue weighted by molar-refractivity contribution is 5.92. The van der Waals surface area contributed by atoms with E-state index in [9.17, 15) is 18.8 Å². The van der Waals surface area contributed by atoms with Crippen molar-refractivity contribution in [1.82, 2.24) is 15.1 Å². The molecular formula is C30H26FN3O4. The largest absolute Gasteiger partial charge is 0.452 e. The molecule has 3 aromatic carbocycles. The Balaban J connectivity index is 1.42. The number of para-hydroxylation sites is 1. The summed E-state index contributed by atoms with van der Waals surface area (Å²) in [4.78, 5) is 36.7. The molecule has 0 aliphatic carbocycles. The molecule has 0 radical (unpaired) electrons. The van der Waals surface area contributed by atoms with Gasteiger partial charge in [-0.2, -0.15) is 5.10 Å². The van der Waals surface area contributed by atoms with Gasteiger partial charge in [0, 0.05) is 23.4 Å². The van der Waals surface area contributed by atoms with Gasteiger partial charge in [-0.25, -0.2) is 13.9 Å². The Morgan fingerprint density at radius 2 is 1.63 bits per heavy atom. The fourth-order valence-electron chi connectivity index (χ4n) is 3.78. The summed E-state index contributed by atoms with van der Waals surface area (Å²) in [7, 11) is 0. The van der Waals surface area contributed by atoms with E-state index in [0.717, 1.165) is 11.3 Å². The Morgan fingerprint density at radius 1 is 0.974 bits per heavy atom. The minimum atomic E-state index is -0.736. The number of benzene rings is 3. The molecule has 0 aliphatic heterocycles. The number of rotatable bonds is 10. The molecule has 7 nitrogen and oxygen atoms in total. The number of ether oxygens (including phenoxy) is 1. The van der Waals surface area contributed by atoms with E-state index >= 15 is 0 Å². The molecule has 1 atom stereocenters. The molecule has 4 rings (SSSR count). The van der Waals surface area contributed by atoms with E-state index in [4.69, 9.17) is 4.74 Å². The van der Waals surface area contributed by atoms with Crippen molar-refractivity contribution < 1.29 is 23.5 Å². The van der Waals surface area contributed by atoms with E-state index in [1.807, 2.05) is 60.7 Å². The van der Waals surface area contributed by atoms with Gasteiger partial charge in [-0.3, -0.25) is 9.59 Å². The maximum absolute atomic E-state index is 13.5. The highest BCUT2D eigenvalue weighted by Crippen LogP contribution is 2.25. The topological polar surface area (TPSA) is 90.3 Å². The van der Waals surface area contributed by atoms with Crippen LogP contribution in [0.4, 0.5) is 4.39 Å². The van der Waals surface area contributed by atoms with Crippen LogP contribution in [-0.4, -0.2) is 40.1 Å². The molecule has 0 bridgehead atoms. The summed E-state index contributed by atoms with van der Waals surface area (Å²) >= 11 is 0. The molecule has 1 heterocycles. The van der Waals surface area contributed by atoms with Crippen molar-refractivity contribution in [2.24, 2.45) is 0 Å². The highest BCUT2D eigenvalue weighted by atomic mass is 19.1. The number of aromatic nitrogens is 2. The standard InChI is InChI=1S/C30H26FN3O4/c1-21(35)27(18-22-8-4-2-5-9-22)32-28(36)20-38-29(37)17-14-24-19-34(26-10-6-3-7-11-26)33-30(24)23-12-15-25(31)16-13-23/h2-17,19,27H,18,20H2,1H3,(H,32,36). The van der Waals surface area contributed by atoms with E-state index in [1.54, 1.807) is 23.0 Å². The van der Waals surface area contributed by atoms with Crippen LogP contribution >= 0.6 is 0 Å². The average Bonchev–Trinajstić information content (AvgIpc) is 3.36. The highest BCUT2D eigenvalue weighted by Gasteiger charge is 2.18. The Hall–Kier alpha value is -4.85. The zero-order chi connectivity index (χ0) is 26.9. The van der Waals surface area contributed by atoms with Gasteiger partial charge in [0.25, 0.3) is 5.91 Å². The summed E-state index contributed by atoms with van der Waals surface area (Å²) < 4.78 is 20.2. The zero-order valence-corrected chi connectivity index (χ0v) is 20.7. The van der Waals surface area contributed by atoms with E-state index in [0.29, 0.717) is 23.2 Å². The molecule has 1 unspecified atom stereocenters. The van der Waals surface area contributed by atoms with Crippen molar-refractivity contribution in [2.75, 3.05) is 6.61 Å². The lowest BCUT2D eigenvalue weighted by Gasteiger charge is -2.16. The third-order valence-corrected chi connectivity index (χ3v) is 5.73. The zero-order valence-electron chi connectivity index (χ0n) is 20.7. The third-order valence-electron chi connectivity index (χ3n) is 5.73. The minimum absolute atomic E-state index is 0.197. The van der Waals surface area contributed by atoms with Gasteiger partial charge in [-0.15, -0.1) is 0 Å². The predicted molar refractivity (Wildman–Crippen MR) is 142 cm³/mol. The fourth-order valence-corrected chi connectivity index (χ4v) is 3.78. The lowest BCUT2D eigenvalue weighted by Crippen LogP contribution is -2.43. The SMILES string of the molecule is CC(=O)C(Cc1ccccc1)NC(=O)COC(=O)C=Cc1cn(-c2ccccc2)nc1-c1ccc(F)cc1. The van der Waals surface area contributed by atoms with Gasteiger partial charge in [0.15, 0.2) is 12.4 Å². The fraction of sp³-hybridized carbons (Fsp3) is 0.133. The number of amides is 1. The molecule has 1 amide bonds. The van der Waals surface area contributed by atoms with E-state index < -0.39 is 24.5 Å². The van der Waals surface area contributed by atoms with Crippen molar-refractivity contribution >= 4 is 23.7 Å². The number of Topliss-reactive ketones (excluding diaryl/α,β-unsaturated/α-hetero) is 1. The first-order valence-corrected chi connectivity index (χ1v) is 12.0. The number of carbonyl (C=O) groups excluding carboxylic acids is 3. The van der Waals surface area contributed by atoms with Gasteiger partial charge in [0.2, 0.25) is 0 Å². The number of hydrogen-bond donors (Lipinski definition) is 1. The van der Waals surface area contributed by atoms with E-state index in [1.165, 1.54) is 31.2 Å². The Bertz CT molecular complexity index is 1430. The summed E-state index contributed by atoms with van der Waals surface area (Å²) in [5, 5.41) is 7.23. The van der Waals surface area contributed by atoms with Gasteiger partial charge >= 0.3 is 5.97 Å². The second kappa shape index (κ2) is 12.4. The second-order valence-electron chi connectivity index (χ2n) is 8.58. The Kier molecular flexibility index (Phi) is 8.56. The smallest absolute Gasteiger partial charge is 0.331 e. The first-order chi connectivity index (χ1) is 18.4. The van der Waals surface area contributed by atoms with Crippen LogP contribution in [0.15, 0.2) is 97.2 Å². The third kappa shape index (κ3) is 7.10. The predicted octanol–water partition coefficient (Wildman–Crippen LogP) is 4.55. The van der Waals surface area contributed by atoms with Crippen LogP contribution in [0.1, 0.15) is 18.1 Å². The van der Waals surface area contributed by atoms with Crippen LogP contribution in [0.2, 0.25) is 0 Å². The van der Waals surface area contributed by atoms with Crippen molar-refractivity contribution in [3.63, 3.8) is 0 Å². The number of hydrogen-bond acceptors (Lipinski definition) is 5. The summed E-state index contributed by atoms with van der Waals surface area (Å²) in [5.74, 6) is -1.88. The average molecular weight is 512 g/mol. The van der Waals surface area contributed by atoms with Gasteiger partial charge in [-0.1, -0.05) is 48.5 Å². The molecule has 0 saturated carbocycles. The van der Waals surface area contributed by atoms with E-state index in [2.05, 4.69) is 10.4 Å². The molecule has 0 fully saturated rings. The number of esters is 1. The Labute approximate surface area is 219 Å². The number of ketones is 1. The van der Waals surface area contributed by atoms with Crippen molar-refractivity contribution in [1.29, 1.82) is 0 Å². The summed E-state index contributed by atoms with van der Waals surface area (Å²) in [6.07, 6.45) is 4.80. The monoisotopic (exact) mass is 511 g/mol. The number of carbonyl (C=O) groups is 3. The first-order valence-electron chi connectivity index (χ1n) is 12.0. The van der Waals surface area contributed by atoms with Gasteiger partial charge in [0.05, 0.1) is 17.4 Å². The van der Waals surface area contributed by atoms with Crippen molar-refractivity contribution in [3.8, 4) is 16.9 Å². The first kappa shape index (κ1) is 26.2. The van der Waals surface area contributed by atoms with Crippen LogP contribution < -0.4 is 5.32 Å². The molecule has 4 aromatic rings. The number of halogens is 1. The summed E-state index contributed by atoms with van der Waals surface area (Å²) in [6, 6.07) is 23.9. The van der Waals surface area contributed by atoms with Crippen LogP contribution in [0.25, 0.3) is 23.0 Å². The molecule has 1 aromatic heterocycles. The van der Waals surface area contributed by atoms with Gasteiger partial charge in [0.1, 0.15) is 5.82 Å². The lowest BCUT2D eigenvalue weighted by atomic mass is 10.0. The van der Waals surface area contributed by atoms with Gasteiger partial charge < -0.3 is 10.1 Å². The van der Waals surface area contributed by atoms with Crippen LogP contribution in [0.5, 0.6) is 0 Å². The quantitative estimate of drug-likeness (QED) is 0.249. The van der Waals surface area contributed by atoms with Crippen molar-refractivity contribution in [2.45, 2.75) is 19.4 Å². The maximum Gasteiger partial charge on any atom is 0.331 e. The second-order valence-corrected chi connectivity index (χ2v) is 8.58. The molecule has 38 heavy (non-hydrogen) atoms. The molecule has 0 saturated heterocycles. The molecule has 1 N–H and O–H groups in total. The van der Waals surface area contributed by atoms with Crippen molar-refractivity contribution in [3.05, 3.63) is 114 Å². The summed E-state index contributed by atoms with van der Waals surface area (Å²) in [6.45, 7) is 0.868. The molecule has 8 heteroatoms. The molecule has 192 valence electrons. The van der Waals surface area contributed by atoms with E-state index in [-0.39, 0.29) is 11.6 Å². The Morgan fingerprint density at radius 3 is 2.29 bits per heavy atom. The van der Waals surface area contributed by atoms with Crippen LogP contribution in [-0.2, 0) is 25.5 Å². The van der Waals surface area contributed by atoms with Crippen LogP contribution in [0, 0.1) is 5.82 Å². The molecule has 0 spiro atoms. The van der Waals surface area contributed by atoms with Crippen LogP contribution in [0.3, 0.4) is 0 Å². The molecule has 0 aliphatic rings. The lowest BCUT2D eigenvalue weighted by molar-refractivity contribution is -0.144. The number of nitrogens with zero attached hydrogens (tertiary/aromatic N) is 2. The minimum Gasteiger partial charge on any atom is -0.452 e. The molecular weight excluding hydrogens is 485 g/mol. The number of nitrogens with one attached hydrogen (secondary N) is 1. The normalized spacial score (nSPS) is 11.7.